The van der Waals surface area contributed by atoms with Crippen molar-refractivity contribution in [2.24, 2.45) is 0 Å². The Labute approximate surface area is 108 Å². The molecule has 0 heterocycles. The maximum Gasteiger partial charge on any atom is 0.103 e. The van der Waals surface area contributed by atoms with Crippen molar-refractivity contribution >= 4 is 11.6 Å². The third kappa shape index (κ3) is 6.03. The summed E-state index contributed by atoms with van der Waals surface area (Å²) in [5, 5.41) is 19.6. The van der Waals surface area contributed by atoms with Crippen LogP contribution in [0.25, 0.3) is 0 Å². The fourth-order valence-corrected chi connectivity index (χ4v) is 2.08. The zero-order valence-electron chi connectivity index (χ0n) is 10.4. The van der Waals surface area contributed by atoms with Crippen LogP contribution in [0.4, 0.5) is 0 Å². The topological polar surface area (TPSA) is 44.9 Å². The number of hydrogen-bond donors (Lipinski definition) is 3. The molecule has 0 fully saturated rings. The molecular weight excluding hydrogens is 238 g/mol. The van der Waals surface area contributed by atoms with Crippen molar-refractivity contribution in [1.29, 1.82) is 0 Å². The average molecular weight is 259 g/mol. The zero-order valence-corrected chi connectivity index (χ0v) is 11.1. The highest BCUT2D eigenvalue weighted by Gasteiger charge is 2.15. The van der Waals surface area contributed by atoms with E-state index in [9.17, 15) is 10.2 Å². The first kappa shape index (κ1) is 14.5. The van der Waals surface area contributed by atoms with E-state index in [2.05, 4.69) is 0 Å². The van der Waals surface area contributed by atoms with E-state index in [1.807, 2.05) is 24.3 Å². The van der Waals surface area contributed by atoms with Crippen molar-refractivity contribution < 1.29 is 15.1 Å². The van der Waals surface area contributed by atoms with Gasteiger partial charge in [-0.05, 0) is 26.0 Å². The number of rotatable bonds is 6. The summed E-state index contributed by atoms with van der Waals surface area (Å²) in [5.74, 6) is 0. The molecule has 0 aliphatic rings. The molecular formula is C13H21ClNO2+. The predicted octanol–water partition coefficient (Wildman–Crippen LogP) is 0.487. The number of hydrogen-bond acceptors (Lipinski definition) is 2. The Balaban J connectivity index is 2.61. The number of halogens is 1. The molecule has 1 aromatic rings. The Morgan fingerprint density at radius 3 is 1.94 bits per heavy atom. The Kier molecular flexibility index (Phi) is 5.92. The van der Waals surface area contributed by atoms with Gasteiger partial charge in [0, 0.05) is 10.6 Å². The van der Waals surface area contributed by atoms with Gasteiger partial charge in [-0.15, -0.1) is 0 Å². The highest BCUT2D eigenvalue weighted by Crippen LogP contribution is 2.08. The second-order valence-corrected chi connectivity index (χ2v) is 5.10. The maximum atomic E-state index is 9.43. The molecule has 0 aliphatic heterocycles. The molecule has 1 rings (SSSR count). The molecule has 0 bridgehead atoms. The molecule has 0 saturated heterocycles. The highest BCUT2D eigenvalue weighted by molar-refractivity contribution is 6.30. The summed E-state index contributed by atoms with van der Waals surface area (Å²) in [7, 11) is 0. The van der Waals surface area contributed by atoms with Gasteiger partial charge < -0.3 is 15.1 Å². The van der Waals surface area contributed by atoms with Crippen LogP contribution < -0.4 is 4.90 Å². The molecule has 0 aromatic heterocycles. The predicted molar refractivity (Wildman–Crippen MR) is 69.2 cm³/mol. The summed E-state index contributed by atoms with van der Waals surface area (Å²) in [6.45, 7) is 5.59. The second-order valence-electron chi connectivity index (χ2n) is 4.66. The van der Waals surface area contributed by atoms with Crippen LogP contribution in [0, 0.1) is 0 Å². The number of aliphatic hydroxyl groups excluding tert-OH is 2. The normalized spacial score (nSPS) is 16.5. The standard InChI is InChI=1S/C13H20ClNO2/c1-10(16)7-15(8-11(2)17)9-12-3-5-13(14)6-4-12/h3-6,10-11,16-17H,7-9H2,1-2H3/p+1/t10-,11+. The summed E-state index contributed by atoms with van der Waals surface area (Å²) in [6.07, 6.45) is -0.730. The van der Waals surface area contributed by atoms with Gasteiger partial charge in [0.15, 0.2) is 0 Å². The fourth-order valence-electron chi connectivity index (χ4n) is 1.95. The minimum atomic E-state index is -0.365. The van der Waals surface area contributed by atoms with Crippen LogP contribution in [0.15, 0.2) is 24.3 Å². The van der Waals surface area contributed by atoms with Gasteiger partial charge in [0.05, 0.1) is 0 Å². The highest BCUT2D eigenvalue weighted by atomic mass is 35.5. The van der Waals surface area contributed by atoms with Crippen LogP contribution in [-0.2, 0) is 6.54 Å². The summed E-state index contributed by atoms with van der Waals surface area (Å²) >= 11 is 5.83. The molecule has 0 spiro atoms. The summed E-state index contributed by atoms with van der Waals surface area (Å²) in [5.41, 5.74) is 1.16. The number of aliphatic hydroxyl groups is 2. The average Bonchev–Trinajstić information content (AvgIpc) is 2.19. The SMILES string of the molecule is C[C@H](O)C[NH+](Cc1ccc(Cl)cc1)C[C@@H](C)O. The molecule has 0 radical (unpaired) electrons. The molecule has 1 unspecified atom stereocenters. The summed E-state index contributed by atoms with van der Waals surface area (Å²) < 4.78 is 0. The minimum absolute atomic E-state index is 0.365. The number of benzene rings is 1. The lowest BCUT2D eigenvalue weighted by atomic mass is 10.2. The van der Waals surface area contributed by atoms with Crippen molar-refractivity contribution in [2.75, 3.05) is 13.1 Å². The van der Waals surface area contributed by atoms with Crippen LogP contribution in [0.5, 0.6) is 0 Å². The molecule has 0 saturated carbocycles. The lowest BCUT2D eigenvalue weighted by Crippen LogP contribution is -3.12. The smallest absolute Gasteiger partial charge is 0.103 e. The molecule has 1 aromatic carbocycles. The lowest BCUT2D eigenvalue weighted by Gasteiger charge is -2.22. The van der Waals surface area contributed by atoms with Crippen LogP contribution in [0.3, 0.4) is 0 Å². The van der Waals surface area contributed by atoms with Gasteiger partial charge in [-0.2, -0.15) is 0 Å². The third-order valence-corrected chi connectivity index (χ3v) is 2.79. The quantitative estimate of drug-likeness (QED) is 0.695. The van der Waals surface area contributed by atoms with Gasteiger partial charge in [0.2, 0.25) is 0 Å². The second kappa shape index (κ2) is 6.97. The summed E-state index contributed by atoms with van der Waals surface area (Å²) in [6, 6.07) is 7.68. The van der Waals surface area contributed by atoms with Crippen LogP contribution in [0.2, 0.25) is 5.02 Å². The first-order valence-electron chi connectivity index (χ1n) is 5.91. The summed E-state index contributed by atoms with van der Waals surface area (Å²) in [4.78, 5) is 1.16. The van der Waals surface area contributed by atoms with Crippen molar-refractivity contribution in [3.8, 4) is 0 Å². The van der Waals surface area contributed by atoms with Gasteiger partial charge in [-0.3, -0.25) is 0 Å². The van der Waals surface area contributed by atoms with Gasteiger partial charge in [-0.25, -0.2) is 0 Å². The molecule has 3 nitrogen and oxygen atoms in total. The monoisotopic (exact) mass is 258 g/mol. The van der Waals surface area contributed by atoms with Gasteiger partial charge in [0.25, 0.3) is 0 Å². The van der Waals surface area contributed by atoms with E-state index < -0.39 is 0 Å². The Bertz CT molecular complexity index is 315. The van der Waals surface area contributed by atoms with Gasteiger partial charge in [-0.1, -0.05) is 23.7 Å². The van der Waals surface area contributed by atoms with E-state index >= 15 is 0 Å². The Morgan fingerprint density at radius 1 is 1.06 bits per heavy atom. The molecule has 3 N–H and O–H groups in total. The van der Waals surface area contributed by atoms with E-state index in [-0.39, 0.29) is 12.2 Å². The van der Waals surface area contributed by atoms with E-state index in [4.69, 9.17) is 11.6 Å². The first-order valence-corrected chi connectivity index (χ1v) is 6.29. The van der Waals surface area contributed by atoms with Crippen LogP contribution in [-0.4, -0.2) is 35.5 Å². The van der Waals surface area contributed by atoms with Crippen LogP contribution >= 0.6 is 11.6 Å². The van der Waals surface area contributed by atoms with Crippen molar-refractivity contribution in [3.05, 3.63) is 34.9 Å². The van der Waals surface area contributed by atoms with E-state index in [0.29, 0.717) is 13.1 Å². The zero-order chi connectivity index (χ0) is 12.8. The van der Waals surface area contributed by atoms with Crippen molar-refractivity contribution in [3.63, 3.8) is 0 Å². The lowest BCUT2D eigenvalue weighted by molar-refractivity contribution is -0.919. The van der Waals surface area contributed by atoms with Gasteiger partial charge >= 0.3 is 0 Å². The fraction of sp³-hybridized carbons (Fsp3) is 0.538. The van der Waals surface area contributed by atoms with Gasteiger partial charge in [0.1, 0.15) is 31.8 Å². The molecule has 3 atom stereocenters. The Hall–Kier alpha value is -0.610. The van der Waals surface area contributed by atoms with E-state index in [1.54, 1.807) is 13.8 Å². The Morgan fingerprint density at radius 2 is 1.53 bits per heavy atom. The first-order chi connectivity index (χ1) is 7.97. The molecule has 0 amide bonds. The minimum Gasteiger partial charge on any atom is -0.388 e. The maximum absolute atomic E-state index is 9.43. The molecule has 0 aliphatic carbocycles. The third-order valence-electron chi connectivity index (χ3n) is 2.54. The largest absolute Gasteiger partial charge is 0.388 e. The van der Waals surface area contributed by atoms with Crippen LogP contribution in [0.1, 0.15) is 19.4 Å². The van der Waals surface area contributed by atoms with Crippen molar-refractivity contribution in [2.45, 2.75) is 32.6 Å². The molecule has 96 valence electrons. The number of quaternary nitrogens is 1. The van der Waals surface area contributed by atoms with Crippen molar-refractivity contribution in [1.82, 2.24) is 0 Å². The molecule has 4 heteroatoms. The number of nitrogens with one attached hydrogen (secondary N) is 1. The van der Waals surface area contributed by atoms with E-state index in [0.717, 1.165) is 22.0 Å². The van der Waals surface area contributed by atoms with E-state index in [1.165, 1.54) is 0 Å². The molecule has 17 heavy (non-hydrogen) atoms.